The SMILES string of the molecule is Cc1ccc(C[NH+]2CC[NH+](CC3CC=CCC3)CC2)cc1. The number of piperazine rings is 1. The molecule has 21 heavy (non-hydrogen) atoms. The van der Waals surface area contributed by atoms with E-state index in [1.165, 1.54) is 69.7 Å². The van der Waals surface area contributed by atoms with Crippen LogP contribution in [0.25, 0.3) is 0 Å². The highest BCUT2D eigenvalue weighted by molar-refractivity contribution is 5.20. The van der Waals surface area contributed by atoms with E-state index in [0.717, 1.165) is 5.92 Å². The van der Waals surface area contributed by atoms with Crippen LogP contribution in [0.1, 0.15) is 30.4 Å². The van der Waals surface area contributed by atoms with E-state index in [4.69, 9.17) is 0 Å². The highest BCUT2D eigenvalue weighted by Gasteiger charge is 2.25. The van der Waals surface area contributed by atoms with E-state index < -0.39 is 0 Å². The minimum atomic E-state index is 0.948. The van der Waals surface area contributed by atoms with Gasteiger partial charge in [0, 0.05) is 11.5 Å². The van der Waals surface area contributed by atoms with Crippen molar-refractivity contribution >= 4 is 0 Å². The van der Waals surface area contributed by atoms with E-state index in [1.807, 2.05) is 4.90 Å². The Hall–Kier alpha value is -1.12. The number of rotatable bonds is 4. The lowest BCUT2D eigenvalue weighted by molar-refractivity contribution is -1.02. The van der Waals surface area contributed by atoms with Crippen LogP contribution in [-0.4, -0.2) is 32.7 Å². The first-order valence-corrected chi connectivity index (χ1v) is 8.67. The van der Waals surface area contributed by atoms with Gasteiger partial charge in [-0.3, -0.25) is 0 Å². The molecule has 1 aromatic rings. The van der Waals surface area contributed by atoms with E-state index in [-0.39, 0.29) is 0 Å². The molecule has 0 saturated carbocycles. The molecule has 1 heterocycles. The van der Waals surface area contributed by atoms with Crippen LogP contribution in [-0.2, 0) is 6.54 Å². The molecule has 0 aromatic heterocycles. The first kappa shape index (κ1) is 14.8. The molecule has 2 heteroatoms. The maximum absolute atomic E-state index is 2.40. The van der Waals surface area contributed by atoms with Gasteiger partial charge >= 0.3 is 0 Å². The molecular formula is C19H30N2+2. The fourth-order valence-electron chi connectivity index (χ4n) is 3.78. The van der Waals surface area contributed by atoms with Crippen molar-refractivity contribution in [1.29, 1.82) is 0 Å². The Bertz CT molecular complexity index is 455. The fourth-order valence-corrected chi connectivity index (χ4v) is 3.78. The van der Waals surface area contributed by atoms with Crippen LogP contribution < -0.4 is 9.80 Å². The quantitative estimate of drug-likeness (QED) is 0.752. The van der Waals surface area contributed by atoms with Crippen molar-refractivity contribution in [2.45, 2.75) is 32.7 Å². The van der Waals surface area contributed by atoms with E-state index in [2.05, 4.69) is 43.3 Å². The van der Waals surface area contributed by atoms with Crippen LogP contribution in [0.5, 0.6) is 0 Å². The van der Waals surface area contributed by atoms with Crippen LogP contribution in [0, 0.1) is 12.8 Å². The summed E-state index contributed by atoms with van der Waals surface area (Å²) >= 11 is 0. The third kappa shape index (κ3) is 4.42. The normalized spacial score (nSPS) is 29.5. The second kappa shape index (κ2) is 7.24. The molecule has 114 valence electrons. The van der Waals surface area contributed by atoms with Gasteiger partial charge in [0.05, 0.1) is 6.54 Å². The zero-order chi connectivity index (χ0) is 14.5. The molecule has 3 rings (SSSR count). The average Bonchev–Trinajstić information content (AvgIpc) is 2.53. The number of quaternary nitrogens is 2. The highest BCUT2D eigenvalue weighted by Crippen LogP contribution is 2.15. The first-order chi connectivity index (χ1) is 10.3. The second-order valence-corrected chi connectivity index (χ2v) is 7.02. The molecule has 0 spiro atoms. The van der Waals surface area contributed by atoms with Crippen LogP contribution in [0.15, 0.2) is 36.4 Å². The van der Waals surface area contributed by atoms with Gasteiger partial charge in [-0.05, 0) is 26.2 Å². The summed E-state index contributed by atoms with van der Waals surface area (Å²) in [5, 5.41) is 0. The van der Waals surface area contributed by atoms with E-state index >= 15 is 0 Å². The minimum Gasteiger partial charge on any atom is -0.325 e. The van der Waals surface area contributed by atoms with Crippen molar-refractivity contribution in [3.05, 3.63) is 47.5 Å². The summed E-state index contributed by atoms with van der Waals surface area (Å²) in [4.78, 5) is 3.62. The van der Waals surface area contributed by atoms with Gasteiger partial charge in [-0.2, -0.15) is 0 Å². The van der Waals surface area contributed by atoms with E-state index in [1.54, 1.807) is 4.90 Å². The number of aryl methyl sites for hydroxylation is 1. The summed E-state index contributed by atoms with van der Waals surface area (Å²) in [6.45, 7) is 10.2. The molecule has 2 aliphatic rings. The molecule has 1 aliphatic carbocycles. The lowest BCUT2D eigenvalue weighted by atomic mass is 9.94. The van der Waals surface area contributed by atoms with Gasteiger partial charge in [0.2, 0.25) is 0 Å². The summed E-state index contributed by atoms with van der Waals surface area (Å²) in [6, 6.07) is 9.09. The molecule has 2 nitrogen and oxygen atoms in total. The predicted molar refractivity (Wildman–Crippen MR) is 87.6 cm³/mol. The lowest BCUT2D eigenvalue weighted by Gasteiger charge is -2.32. The molecule has 2 N–H and O–H groups in total. The zero-order valence-electron chi connectivity index (χ0n) is 13.4. The molecule has 1 saturated heterocycles. The van der Waals surface area contributed by atoms with Crippen LogP contribution in [0.3, 0.4) is 0 Å². The average molecular weight is 286 g/mol. The van der Waals surface area contributed by atoms with Crippen molar-refractivity contribution in [2.75, 3.05) is 32.7 Å². The molecule has 0 amide bonds. The molecule has 1 unspecified atom stereocenters. The van der Waals surface area contributed by atoms with Crippen molar-refractivity contribution in [3.8, 4) is 0 Å². The molecular weight excluding hydrogens is 256 g/mol. The number of hydrogen-bond acceptors (Lipinski definition) is 0. The number of nitrogens with one attached hydrogen (secondary N) is 2. The Labute approximate surface area is 129 Å². The van der Waals surface area contributed by atoms with Crippen molar-refractivity contribution in [3.63, 3.8) is 0 Å². The summed E-state index contributed by atoms with van der Waals surface area (Å²) in [5.74, 6) is 0.948. The standard InChI is InChI=1S/C19H28N2/c1-17-7-9-19(10-8-17)16-21-13-11-20(12-14-21)15-18-5-3-2-4-6-18/h2-3,7-10,18H,4-6,11-16H2,1H3/p+2. The Kier molecular flexibility index (Phi) is 5.10. The third-order valence-corrected chi connectivity index (χ3v) is 5.19. The monoisotopic (exact) mass is 286 g/mol. The van der Waals surface area contributed by atoms with Crippen LogP contribution in [0.4, 0.5) is 0 Å². The van der Waals surface area contributed by atoms with Crippen molar-refractivity contribution in [1.82, 2.24) is 0 Å². The maximum Gasteiger partial charge on any atom is 0.127 e. The second-order valence-electron chi connectivity index (χ2n) is 7.02. The third-order valence-electron chi connectivity index (χ3n) is 5.19. The molecule has 1 atom stereocenters. The Morgan fingerprint density at radius 2 is 1.67 bits per heavy atom. The minimum absolute atomic E-state index is 0.948. The smallest absolute Gasteiger partial charge is 0.127 e. The van der Waals surface area contributed by atoms with E-state index in [9.17, 15) is 0 Å². The summed E-state index contributed by atoms with van der Waals surface area (Å²) in [5.41, 5.74) is 2.86. The fraction of sp³-hybridized carbons (Fsp3) is 0.579. The number of allylic oxidation sites excluding steroid dienone is 2. The Morgan fingerprint density at radius 1 is 0.952 bits per heavy atom. The van der Waals surface area contributed by atoms with Crippen molar-refractivity contribution < 1.29 is 9.80 Å². The first-order valence-electron chi connectivity index (χ1n) is 8.67. The van der Waals surface area contributed by atoms with Gasteiger partial charge in [-0.25, -0.2) is 0 Å². The molecule has 1 aromatic carbocycles. The molecule has 1 aliphatic heterocycles. The van der Waals surface area contributed by atoms with Gasteiger partial charge < -0.3 is 9.80 Å². The van der Waals surface area contributed by atoms with Crippen molar-refractivity contribution in [2.24, 2.45) is 5.92 Å². The highest BCUT2D eigenvalue weighted by atomic mass is 15.3. The summed E-state index contributed by atoms with van der Waals surface area (Å²) < 4.78 is 0. The van der Waals surface area contributed by atoms with Gasteiger partial charge in [-0.15, -0.1) is 0 Å². The van der Waals surface area contributed by atoms with Gasteiger partial charge in [0.25, 0.3) is 0 Å². The van der Waals surface area contributed by atoms with Crippen LogP contribution >= 0.6 is 0 Å². The zero-order valence-corrected chi connectivity index (χ0v) is 13.4. The number of benzene rings is 1. The Balaban J connectivity index is 1.42. The molecule has 1 fully saturated rings. The maximum atomic E-state index is 2.40. The number of hydrogen-bond donors (Lipinski definition) is 2. The predicted octanol–water partition coefficient (Wildman–Crippen LogP) is 0.635. The molecule has 0 bridgehead atoms. The lowest BCUT2D eigenvalue weighted by Crippen LogP contribution is -3.27. The van der Waals surface area contributed by atoms with Gasteiger partial charge in [0.15, 0.2) is 0 Å². The van der Waals surface area contributed by atoms with Crippen LogP contribution in [0.2, 0.25) is 0 Å². The molecule has 0 radical (unpaired) electrons. The topological polar surface area (TPSA) is 8.88 Å². The summed E-state index contributed by atoms with van der Waals surface area (Å²) in [7, 11) is 0. The largest absolute Gasteiger partial charge is 0.325 e. The van der Waals surface area contributed by atoms with E-state index in [0.29, 0.717) is 0 Å². The Morgan fingerprint density at radius 3 is 2.33 bits per heavy atom. The summed E-state index contributed by atoms with van der Waals surface area (Å²) in [6.07, 6.45) is 8.80. The van der Waals surface area contributed by atoms with Gasteiger partial charge in [-0.1, -0.05) is 42.0 Å². The van der Waals surface area contributed by atoms with Gasteiger partial charge in [0.1, 0.15) is 32.7 Å².